The monoisotopic (exact) mass is 234 g/mol. The molecule has 0 aliphatic carbocycles. The minimum Gasteiger partial charge on any atom is -0.326 e. The predicted molar refractivity (Wildman–Crippen MR) is 62.5 cm³/mol. The summed E-state index contributed by atoms with van der Waals surface area (Å²) in [6.45, 7) is 6.51. The molecule has 0 aromatic rings. The van der Waals surface area contributed by atoms with Crippen LogP contribution < -0.4 is 5.73 Å². The second-order valence-electron chi connectivity index (χ2n) is 4.71. The Bertz CT molecular complexity index is 288. The van der Waals surface area contributed by atoms with Gasteiger partial charge in [0.25, 0.3) is 0 Å². The summed E-state index contributed by atoms with van der Waals surface area (Å²) in [6.07, 6.45) is 0.743. The summed E-state index contributed by atoms with van der Waals surface area (Å²) in [5, 5.41) is 0. The maximum absolute atomic E-state index is 11.4. The van der Waals surface area contributed by atoms with Gasteiger partial charge < -0.3 is 10.6 Å². The molecule has 5 heteroatoms. The molecule has 0 saturated carbocycles. The lowest BCUT2D eigenvalue weighted by Crippen LogP contribution is -2.41. The molecule has 0 aromatic carbocycles. The molecule has 1 unspecified atom stereocenters. The summed E-state index contributed by atoms with van der Waals surface area (Å²) < 4.78 is 22.8. The van der Waals surface area contributed by atoms with E-state index in [0.29, 0.717) is 18.2 Å². The third-order valence-corrected chi connectivity index (χ3v) is 4.69. The highest BCUT2D eigenvalue weighted by molar-refractivity contribution is 7.91. The van der Waals surface area contributed by atoms with Crippen molar-refractivity contribution >= 4 is 9.84 Å². The van der Waals surface area contributed by atoms with Crippen LogP contribution in [-0.2, 0) is 9.84 Å². The Balaban J connectivity index is 2.45. The summed E-state index contributed by atoms with van der Waals surface area (Å²) in [7, 11) is -2.79. The predicted octanol–water partition coefficient (Wildman–Crippen LogP) is 0.0902. The van der Waals surface area contributed by atoms with E-state index in [1.165, 1.54) is 0 Å². The fraction of sp³-hybridized carbons (Fsp3) is 1.00. The van der Waals surface area contributed by atoms with Crippen molar-refractivity contribution < 1.29 is 8.42 Å². The maximum Gasteiger partial charge on any atom is 0.151 e. The Morgan fingerprint density at radius 3 is 2.53 bits per heavy atom. The lowest BCUT2D eigenvalue weighted by atomic mass is 10.1. The van der Waals surface area contributed by atoms with Crippen LogP contribution in [0.4, 0.5) is 0 Å². The fourth-order valence-corrected chi connectivity index (χ4v) is 2.99. The molecule has 0 aromatic heterocycles. The van der Waals surface area contributed by atoms with Gasteiger partial charge in [0.2, 0.25) is 0 Å². The lowest BCUT2D eigenvalue weighted by Gasteiger charge is -2.25. The van der Waals surface area contributed by atoms with Crippen LogP contribution in [0.3, 0.4) is 0 Å². The first kappa shape index (κ1) is 12.9. The molecule has 1 fully saturated rings. The molecular formula is C10H22N2O2S. The summed E-state index contributed by atoms with van der Waals surface area (Å²) in [5.74, 6) is 1.07. The number of nitrogens with two attached hydrogens (primary N) is 1. The zero-order chi connectivity index (χ0) is 11.5. The minimum atomic E-state index is -2.79. The van der Waals surface area contributed by atoms with Crippen molar-refractivity contribution in [3.05, 3.63) is 0 Å². The number of hydrogen-bond acceptors (Lipinski definition) is 4. The molecule has 15 heavy (non-hydrogen) atoms. The van der Waals surface area contributed by atoms with E-state index in [2.05, 4.69) is 18.7 Å². The molecule has 1 saturated heterocycles. The van der Waals surface area contributed by atoms with Crippen molar-refractivity contribution in [1.82, 2.24) is 4.90 Å². The first-order valence-electron chi connectivity index (χ1n) is 5.59. The number of nitrogens with zero attached hydrogens (tertiary/aromatic N) is 1. The van der Waals surface area contributed by atoms with Crippen LogP contribution in [0.15, 0.2) is 0 Å². The molecule has 0 bridgehead atoms. The molecule has 4 nitrogen and oxygen atoms in total. The second-order valence-corrected chi connectivity index (χ2v) is 7.02. The van der Waals surface area contributed by atoms with Gasteiger partial charge in [0.05, 0.1) is 11.5 Å². The molecule has 1 heterocycles. The SMILES string of the molecule is CC(C)C(N)CN1CCCS(=O)(=O)CC1. The third kappa shape index (κ3) is 4.49. The van der Waals surface area contributed by atoms with E-state index in [4.69, 9.17) is 5.73 Å². The van der Waals surface area contributed by atoms with Gasteiger partial charge in [-0.15, -0.1) is 0 Å². The molecule has 0 amide bonds. The highest BCUT2D eigenvalue weighted by Crippen LogP contribution is 2.07. The molecule has 0 radical (unpaired) electrons. The van der Waals surface area contributed by atoms with Crippen molar-refractivity contribution in [3.8, 4) is 0 Å². The molecular weight excluding hydrogens is 212 g/mol. The van der Waals surface area contributed by atoms with Crippen LogP contribution in [0.2, 0.25) is 0 Å². The van der Waals surface area contributed by atoms with E-state index in [-0.39, 0.29) is 11.8 Å². The maximum atomic E-state index is 11.4. The first-order chi connectivity index (χ1) is 6.91. The highest BCUT2D eigenvalue weighted by atomic mass is 32.2. The van der Waals surface area contributed by atoms with E-state index >= 15 is 0 Å². The number of sulfone groups is 1. The largest absolute Gasteiger partial charge is 0.326 e. The second kappa shape index (κ2) is 5.27. The number of rotatable bonds is 3. The van der Waals surface area contributed by atoms with E-state index in [1.54, 1.807) is 0 Å². The summed E-state index contributed by atoms with van der Waals surface area (Å²) >= 11 is 0. The molecule has 1 rings (SSSR count). The van der Waals surface area contributed by atoms with Gasteiger partial charge in [-0.05, 0) is 18.9 Å². The van der Waals surface area contributed by atoms with Gasteiger partial charge in [-0.3, -0.25) is 0 Å². The number of hydrogen-bond donors (Lipinski definition) is 1. The average molecular weight is 234 g/mol. The zero-order valence-corrected chi connectivity index (χ0v) is 10.5. The third-order valence-electron chi connectivity index (χ3n) is 2.97. The standard InChI is InChI=1S/C10H22N2O2S/c1-9(2)10(11)8-12-4-3-6-15(13,14)7-5-12/h9-10H,3-8,11H2,1-2H3. The minimum absolute atomic E-state index is 0.144. The Morgan fingerprint density at radius 1 is 1.27 bits per heavy atom. The average Bonchev–Trinajstić information content (AvgIpc) is 2.28. The first-order valence-corrected chi connectivity index (χ1v) is 7.41. The van der Waals surface area contributed by atoms with Crippen molar-refractivity contribution in [2.75, 3.05) is 31.1 Å². The lowest BCUT2D eigenvalue weighted by molar-refractivity contribution is 0.254. The molecule has 1 atom stereocenters. The van der Waals surface area contributed by atoms with E-state index in [0.717, 1.165) is 19.5 Å². The highest BCUT2D eigenvalue weighted by Gasteiger charge is 2.21. The normalized spacial score (nSPS) is 25.1. The van der Waals surface area contributed by atoms with Crippen molar-refractivity contribution in [2.45, 2.75) is 26.3 Å². The quantitative estimate of drug-likeness (QED) is 0.752. The van der Waals surface area contributed by atoms with Crippen molar-refractivity contribution in [2.24, 2.45) is 11.7 Å². The Kier molecular flexibility index (Phi) is 4.55. The van der Waals surface area contributed by atoms with Gasteiger partial charge in [-0.2, -0.15) is 0 Å². The Morgan fingerprint density at radius 2 is 1.93 bits per heavy atom. The summed E-state index contributed by atoms with van der Waals surface area (Å²) in [5.41, 5.74) is 5.97. The summed E-state index contributed by atoms with van der Waals surface area (Å²) in [6, 6.07) is 0.144. The van der Waals surface area contributed by atoms with E-state index in [1.807, 2.05) is 0 Å². The molecule has 1 aliphatic rings. The smallest absolute Gasteiger partial charge is 0.151 e. The molecule has 1 aliphatic heterocycles. The fourth-order valence-electron chi connectivity index (χ4n) is 1.68. The van der Waals surface area contributed by atoms with Gasteiger partial charge in [-0.25, -0.2) is 8.42 Å². The van der Waals surface area contributed by atoms with E-state index in [9.17, 15) is 8.42 Å². The van der Waals surface area contributed by atoms with Crippen LogP contribution in [0, 0.1) is 5.92 Å². The van der Waals surface area contributed by atoms with Crippen molar-refractivity contribution in [1.29, 1.82) is 0 Å². The van der Waals surface area contributed by atoms with Crippen molar-refractivity contribution in [3.63, 3.8) is 0 Å². The van der Waals surface area contributed by atoms with Gasteiger partial charge in [0.15, 0.2) is 9.84 Å². The van der Waals surface area contributed by atoms with Gasteiger partial charge in [0, 0.05) is 19.1 Å². The Labute approximate surface area is 92.7 Å². The molecule has 0 spiro atoms. The van der Waals surface area contributed by atoms with Gasteiger partial charge in [0.1, 0.15) is 0 Å². The molecule has 2 N–H and O–H groups in total. The summed E-state index contributed by atoms with van der Waals surface area (Å²) in [4.78, 5) is 2.18. The van der Waals surface area contributed by atoms with Gasteiger partial charge >= 0.3 is 0 Å². The zero-order valence-electron chi connectivity index (χ0n) is 9.65. The Hall–Kier alpha value is -0.130. The topological polar surface area (TPSA) is 63.4 Å². The van der Waals surface area contributed by atoms with Gasteiger partial charge in [-0.1, -0.05) is 13.8 Å². The van der Waals surface area contributed by atoms with E-state index < -0.39 is 9.84 Å². The van der Waals surface area contributed by atoms with Crippen LogP contribution in [-0.4, -0.2) is 50.5 Å². The van der Waals surface area contributed by atoms with Crippen LogP contribution >= 0.6 is 0 Å². The van der Waals surface area contributed by atoms with Crippen LogP contribution in [0.5, 0.6) is 0 Å². The molecule has 90 valence electrons. The van der Waals surface area contributed by atoms with Crippen LogP contribution in [0.25, 0.3) is 0 Å². The van der Waals surface area contributed by atoms with Crippen LogP contribution in [0.1, 0.15) is 20.3 Å².